The molecule has 0 unspecified atom stereocenters. The van der Waals surface area contributed by atoms with Crippen LogP contribution in [0.5, 0.6) is 0 Å². The highest BCUT2D eigenvalue weighted by molar-refractivity contribution is 6.33. The van der Waals surface area contributed by atoms with Crippen molar-refractivity contribution in [1.82, 2.24) is 9.97 Å². The normalized spacial score (nSPS) is 13.1. The molecule has 0 aliphatic carbocycles. The van der Waals surface area contributed by atoms with Crippen molar-refractivity contribution >= 4 is 34.6 Å². The smallest absolute Gasteiger partial charge is 0.346 e. The Morgan fingerprint density at radius 2 is 1.81 bits per heavy atom. The minimum atomic E-state index is -0.449. The number of rotatable bonds is 4. The lowest BCUT2D eigenvalue weighted by Gasteiger charge is -2.29. The van der Waals surface area contributed by atoms with Gasteiger partial charge in [0.1, 0.15) is 6.33 Å². The molecule has 136 valence electrons. The molecule has 1 aromatic heterocycles. The molecule has 0 radical (unpaired) electrons. The van der Waals surface area contributed by atoms with Crippen molar-refractivity contribution in [2.45, 2.75) is 13.0 Å². The lowest BCUT2D eigenvalue weighted by molar-refractivity contribution is -0.383. The number of anilines is 3. The van der Waals surface area contributed by atoms with Crippen molar-refractivity contribution < 1.29 is 4.92 Å². The van der Waals surface area contributed by atoms with Crippen LogP contribution in [0.15, 0.2) is 54.9 Å². The number of para-hydroxylation sites is 1. The van der Waals surface area contributed by atoms with Gasteiger partial charge in [0.15, 0.2) is 0 Å². The maximum atomic E-state index is 11.8. The Morgan fingerprint density at radius 3 is 2.59 bits per heavy atom. The highest BCUT2D eigenvalue weighted by Gasteiger charge is 2.29. The summed E-state index contributed by atoms with van der Waals surface area (Å²) >= 11 is 6.16. The van der Waals surface area contributed by atoms with Gasteiger partial charge in [-0.1, -0.05) is 48.0 Å². The number of fused-ring (bicyclic) bond motifs is 1. The summed E-state index contributed by atoms with van der Waals surface area (Å²) in [7, 11) is 0. The lowest BCUT2D eigenvalue weighted by Crippen LogP contribution is -2.31. The summed E-state index contributed by atoms with van der Waals surface area (Å²) in [6.07, 6.45) is 2.15. The van der Waals surface area contributed by atoms with Crippen molar-refractivity contribution in [2.75, 3.05) is 16.8 Å². The van der Waals surface area contributed by atoms with E-state index in [0.717, 1.165) is 12.0 Å². The molecular formula is C19H16ClN5O2. The summed E-state index contributed by atoms with van der Waals surface area (Å²) in [5, 5.41) is 15.3. The quantitative estimate of drug-likeness (QED) is 0.534. The minimum Gasteiger partial charge on any atom is -0.346 e. The summed E-state index contributed by atoms with van der Waals surface area (Å²) in [5.41, 5.74) is 2.81. The van der Waals surface area contributed by atoms with Gasteiger partial charge in [0.05, 0.1) is 15.6 Å². The molecule has 0 spiro atoms. The second-order valence-corrected chi connectivity index (χ2v) is 6.60. The van der Waals surface area contributed by atoms with Gasteiger partial charge in [-0.15, -0.1) is 0 Å². The molecule has 8 heteroatoms. The molecule has 7 nitrogen and oxygen atoms in total. The van der Waals surface area contributed by atoms with E-state index in [0.29, 0.717) is 29.6 Å². The van der Waals surface area contributed by atoms with Crippen LogP contribution in [0.3, 0.4) is 0 Å². The molecule has 0 saturated carbocycles. The number of nitro groups is 1. The van der Waals surface area contributed by atoms with E-state index in [9.17, 15) is 10.1 Å². The molecule has 0 fully saturated rings. The number of halogens is 1. The first-order valence-corrected chi connectivity index (χ1v) is 8.84. The fourth-order valence-corrected chi connectivity index (χ4v) is 3.41. The largest absolute Gasteiger partial charge is 0.353 e. The number of nitrogens with one attached hydrogen (secondary N) is 1. The van der Waals surface area contributed by atoms with Crippen LogP contribution in [-0.2, 0) is 13.0 Å². The van der Waals surface area contributed by atoms with Crippen molar-refractivity contribution in [3.8, 4) is 0 Å². The molecule has 0 saturated heterocycles. The highest BCUT2D eigenvalue weighted by atomic mass is 35.5. The maximum Gasteiger partial charge on any atom is 0.353 e. The van der Waals surface area contributed by atoms with Crippen molar-refractivity contribution in [3.63, 3.8) is 0 Å². The van der Waals surface area contributed by atoms with E-state index in [1.54, 1.807) is 24.3 Å². The number of hydrogen-bond donors (Lipinski definition) is 1. The summed E-state index contributed by atoms with van der Waals surface area (Å²) < 4.78 is 0. The van der Waals surface area contributed by atoms with Gasteiger partial charge < -0.3 is 10.2 Å². The third-order valence-corrected chi connectivity index (χ3v) is 4.87. The van der Waals surface area contributed by atoms with Crippen LogP contribution in [0.25, 0.3) is 0 Å². The molecule has 0 amide bonds. The lowest BCUT2D eigenvalue weighted by atomic mass is 10.00. The Balaban J connectivity index is 1.72. The van der Waals surface area contributed by atoms with E-state index in [1.165, 1.54) is 11.9 Å². The Labute approximate surface area is 160 Å². The molecule has 0 bridgehead atoms. The molecule has 0 atom stereocenters. The number of benzene rings is 2. The first kappa shape index (κ1) is 17.2. The van der Waals surface area contributed by atoms with Gasteiger partial charge in [-0.25, -0.2) is 9.97 Å². The zero-order chi connectivity index (χ0) is 18.8. The average Bonchev–Trinajstić information content (AvgIpc) is 2.69. The Bertz CT molecular complexity index is 1010. The van der Waals surface area contributed by atoms with Gasteiger partial charge in [0.2, 0.25) is 11.6 Å². The fraction of sp³-hybridized carbons (Fsp3) is 0.158. The van der Waals surface area contributed by atoms with Crippen LogP contribution in [0.4, 0.5) is 23.0 Å². The van der Waals surface area contributed by atoms with E-state index in [2.05, 4.69) is 21.4 Å². The zero-order valence-electron chi connectivity index (χ0n) is 14.3. The molecule has 4 rings (SSSR count). The SMILES string of the molecule is O=[N+]([O-])c1c(Nc2ccccc2Cl)ncnc1N1CCc2ccccc2C1. The topological polar surface area (TPSA) is 84.2 Å². The number of hydrogen-bond acceptors (Lipinski definition) is 6. The summed E-state index contributed by atoms with van der Waals surface area (Å²) in [4.78, 5) is 21.6. The standard InChI is InChI=1S/C19H16ClN5O2/c20-15-7-3-4-8-16(15)23-18-17(25(26)27)19(22-12-21-18)24-10-9-13-5-1-2-6-14(13)11-24/h1-8,12H,9-11H2,(H,21,22,23). The summed E-state index contributed by atoms with van der Waals surface area (Å²) in [6, 6.07) is 15.1. The third-order valence-electron chi connectivity index (χ3n) is 4.54. The Morgan fingerprint density at radius 1 is 1.07 bits per heavy atom. The molecule has 2 heterocycles. The van der Waals surface area contributed by atoms with E-state index in [4.69, 9.17) is 11.6 Å². The third kappa shape index (κ3) is 3.41. The van der Waals surface area contributed by atoms with Gasteiger partial charge in [0, 0.05) is 13.1 Å². The van der Waals surface area contributed by atoms with Crippen molar-refractivity contribution in [1.29, 1.82) is 0 Å². The van der Waals surface area contributed by atoms with E-state index < -0.39 is 4.92 Å². The first-order chi connectivity index (χ1) is 13.1. The van der Waals surface area contributed by atoms with Crippen LogP contribution in [0, 0.1) is 10.1 Å². The second-order valence-electron chi connectivity index (χ2n) is 6.20. The van der Waals surface area contributed by atoms with Gasteiger partial charge in [-0.3, -0.25) is 10.1 Å². The molecule has 1 N–H and O–H groups in total. The van der Waals surface area contributed by atoms with E-state index in [1.807, 2.05) is 23.1 Å². The summed E-state index contributed by atoms with van der Waals surface area (Å²) in [6.45, 7) is 1.22. The Kier molecular flexibility index (Phi) is 4.60. The van der Waals surface area contributed by atoms with Gasteiger partial charge >= 0.3 is 5.69 Å². The molecule has 2 aromatic carbocycles. The van der Waals surface area contributed by atoms with Crippen molar-refractivity contribution in [2.24, 2.45) is 0 Å². The van der Waals surface area contributed by atoms with Crippen LogP contribution in [0.1, 0.15) is 11.1 Å². The molecular weight excluding hydrogens is 366 g/mol. The first-order valence-electron chi connectivity index (χ1n) is 8.46. The van der Waals surface area contributed by atoms with Crippen LogP contribution < -0.4 is 10.2 Å². The van der Waals surface area contributed by atoms with Crippen LogP contribution >= 0.6 is 11.6 Å². The average molecular weight is 382 g/mol. The number of nitrogens with zero attached hydrogens (tertiary/aromatic N) is 4. The monoisotopic (exact) mass is 381 g/mol. The van der Waals surface area contributed by atoms with Crippen LogP contribution in [0.2, 0.25) is 5.02 Å². The van der Waals surface area contributed by atoms with Crippen LogP contribution in [-0.4, -0.2) is 21.4 Å². The van der Waals surface area contributed by atoms with Gasteiger partial charge in [-0.05, 0) is 29.7 Å². The van der Waals surface area contributed by atoms with E-state index >= 15 is 0 Å². The molecule has 1 aliphatic rings. The van der Waals surface area contributed by atoms with Gasteiger partial charge in [-0.2, -0.15) is 0 Å². The maximum absolute atomic E-state index is 11.8. The predicted octanol–water partition coefficient (Wildman–Crippen LogP) is 4.34. The highest BCUT2D eigenvalue weighted by Crippen LogP contribution is 2.36. The van der Waals surface area contributed by atoms with E-state index in [-0.39, 0.29) is 11.5 Å². The second kappa shape index (κ2) is 7.20. The van der Waals surface area contributed by atoms with Crippen molar-refractivity contribution in [3.05, 3.63) is 81.1 Å². The predicted molar refractivity (Wildman–Crippen MR) is 105 cm³/mol. The molecule has 1 aliphatic heterocycles. The van der Waals surface area contributed by atoms with Gasteiger partial charge in [0.25, 0.3) is 0 Å². The molecule has 27 heavy (non-hydrogen) atoms. The fourth-order valence-electron chi connectivity index (χ4n) is 3.23. The number of aromatic nitrogens is 2. The minimum absolute atomic E-state index is 0.122. The molecule has 3 aromatic rings. The summed E-state index contributed by atoms with van der Waals surface area (Å²) in [5.74, 6) is 0.427. The Hall–Kier alpha value is -3.19. The zero-order valence-corrected chi connectivity index (χ0v) is 15.1.